The smallest absolute Gasteiger partial charge is 0.0629 e. The molecule has 3 aromatic carbocycles. The summed E-state index contributed by atoms with van der Waals surface area (Å²) >= 11 is 0. The molecule has 4 rings (SSSR count). The lowest BCUT2D eigenvalue weighted by Gasteiger charge is -2.47. The zero-order chi connectivity index (χ0) is 17.8. The van der Waals surface area contributed by atoms with Crippen molar-refractivity contribution in [1.82, 2.24) is 5.06 Å². The Morgan fingerprint density at radius 3 is 1.46 bits per heavy atom. The first-order valence-electron chi connectivity index (χ1n) is 9.45. The summed E-state index contributed by atoms with van der Waals surface area (Å²) in [6.07, 6.45) is 3.15. The Bertz CT molecular complexity index is 720. The predicted molar refractivity (Wildman–Crippen MR) is 105 cm³/mol. The van der Waals surface area contributed by atoms with Crippen LogP contribution < -0.4 is 0 Å². The molecule has 2 nitrogen and oxygen atoms in total. The molecule has 1 aliphatic heterocycles. The van der Waals surface area contributed by atoms with Gasteiger partial charge in [0, 0.05) is 6.54 Å². The van der Waals surface area contributed by atoms with Gasteiger partial charge in [-0.15, -0.1) is 0 Å². The molecule has 1 unspecified atom stereocenters. The van der Waals surface area contributed by atoms with Crippen molar-refractivity contribution < 1.29 is 5.21 Å². The molecule has 1 atom stereocenters. The highest BCUT2D eigenvalue weighted by molar-refractivity contribution is 5.52. The van der Waals surface area contributed by atoms with Crippen LogP contribution in [0.4, 0.5) is 0 Å². The molecular formula is C24H25NO. The average Bonchev–Trinajstić information content (AvgIpc) is 2.72. The first-order valence-corrected chi connectivity index (χ1v) is 9.45. The molecule has 0 amide bonds. The van der Waals surface area contributed by atoms with E-state index < -0.39 is 5.41 Å². The summed E-state index contributed by atoms with van der Waals surface area (Å²) in [7, 11) is 0. The summed E-state index contributed by atoms with van der Waals surface area (Å²) in [5.74, 6) is 0. The zero-order valence-corrected chi connectivity index (χ0v) is 15.0. The van der Waals surface area contributed by atoms with E-state index in [1.165, 1.54) is 16.7 Å². The van der Waals surface area contributed by atoms with E-state index in [0.29, 0.717) is 0 Å². The van der Waals surface area contributed by atoms with Gasteiger partial charge in [-0.3, -0.25) is 0 Å². The number of hydroxylamine groups is 2. The Balaban J connectivity index is 2.03. The average molecular weight is 343 g/mol. The van der Waals surface area contributed by atoms with Crippen LogP contribution in [-0.4, -0.2) is 22.9 Å². The van der Waals surface area contributed by atoms with Crippen LogP contribution in [0, 0.1) is 0 Å². The predicted octanol–water partition coefficient (Wildman–Crippen LogP) is 5.26. The molecule has 1 fully saturated rings. The second-order valence-electron chi connectivity index (χ2n) is 7.08. The Hall–Kier alpha value is -2.42. The van der Waals surface area contributed by atoms with Gasteiger partial charge in [0.2, 0.25) is 0 Å². The van der Waals surface area contributed by atoms with Crippen LogP contribution in [0.15, 0.2) is 91.0 Å². The van der Waals surface area contributed by atoms with Crippen LogP contribution in [0.2, 0.25) is 0 Å². The maximum Gasteiger partial charge on any atom is 0.0629 e. The minimum atomic E-state index is -0.404. The molecule has 0 bridgehead atoms. The number of rotatable bonds is 4. The third-order valence-electron chi connectivity index (χ3n) is 5.66. The number of hydrogen-bond acceptors (Lipinski definition) is 2. The Morgan fingerprint density at radius 2 is 1.08 bits per heavy atom. The van der Waals surface area contributed by atoms with Crippen molar-refractivity contribution >= 4 is 0 Å². The molecule has 26 heavy (non-hydrogen) atoms. The monoisotopic (exact) mass is 343 g/mol. The fourth-order valence-corrected chi connectivity index (χ4v) is 4.54. The van der Waals surface area contributed by atoms with E-state index >= 15 is 0 Å². The van der Waals surface area contributed by atoms with Gasteiger partial charge in [0.1, 0.15) is 0 Å². The van der Waals surface area contributed by atoms with Crippen molar-refractivity contribution in [3.63, 3.8) is 0 Å². The van der Waals surface area contributed by atoms with Crippen molar-refractivity contribution in [2.75, 3.05) is 6.54 Å². The quantitative estimate of drug-likeness (QED) is 0.653. The van der Waals surface area contributed by atoms with Crippen molar-refractivity contribution in [2.45, 2.75) is 30.7 Å². The zero-order valence-electron chi connectivity index (χ0n) is 15.0. The number of hydrogen-bond donors (Lipinski definition) is 1. The maximum absolute atomic E-state index is 10.9. The molecule has 0 saturated carbocycles. The molecule has 1 saturated heterocycles. The van der Waals surface area contributed by atoms with Crippen LogP contribution in [0.25, 0.3) is 0 Å². The molecule has 0 aromatic heterocycles. The molecule has 1 aliphatic rings. The lowest BCUT2D eigenvalue weighted by Crippen LogP contribution is -2.53. The highest BCUT2D eigenvalue weighted by Crippen LogP contribution is 2.46. The van der Waals surface area contributed by atoms with Gasteiger partial charge in [-0.05, 0) is 29.5 Å². The molecule has 132 valence electrons. The van der Waals surface area contributed by atoms with Gasteiger partial charge < -0.3 is 5.21 Å². The standard InChI is InChI=1S/C24H25NO/c26-25-19-11-10-18-23(25)24(20-12-4-1-5-13-20,21-14-6-2-7-15-21)22-16-8-3-9-17-22/h1-9,12-17,23,26H,10-11,18-19H2. The lowest BCUT2D eigenvalue weighted by molar-refractivity contribution is -0.154. The largest absolute Gasteiger partial charge is 0.314 e. The van der Waals surface area contributed by atoms with Crippen LogP contribution >= 0.6 is 0 Å². The second-order valence-corrected chi connectivity index (χ2v) is 7.08. The topological polar surface area (TPSA) is 23.5 Å². The van der Waals surface area contributed by atoms with Gasteiger partial charge in [-0.2, -0.15) is 5.06 Å². The van der Waals surface area contributed by atoms with E-state index in [1.807, 2.05) is 0 Å². The summed E-state index contributed by atoms with van der Waals surface area (Å²) in [5, 5.41) is 12.5. The Morgan fingerprint density at radius 1 is 0.654 bits per heavy atom. The van der Waals surface area contributed by atoms with E-state index in [1.54, 1.807) is 5.06 Å². The highest BCUT2D eigenvalue weighted by Gasteiger charge is 2.46. The number of benzene rings is 3. The minimum absolute atomic E-state index is 0.00319. The fourth-order valence-electron chi connectivity index (χ4n) is 4.54. The SMILES string of the molecule is ON1CCCCC1C(c1ccccc1)(c1ccccc1)c1ccccc1. The van der Waals surface area contributed by atoms with Crippen LogP contribution in [-0.2, 0) is 5.41 Å². The highest BCUT2D eigenvalue weighted by atomic mass is 16.5. The van der Waals surface area contributed by atoms with E-state index in [0.717, 1.165) is 25.8 Å². The summed E-state index contributed by atoms with van der Waals surface area (Å²) in [5.41, 5.74) is 3.27. The van der Waals surface area contributed by atoms with Gasteiger partial charge in [-0.1, -0.05) is 97.4 Å². The van der Waals surface area contributed by atoms with E-state index in [9.17, 15) is 5.21 Å². The summed E-state index contributed by atoms with van der Waals surface area (Å²) in [4.78, 5) is 0. The summed E-state index contributed by atoms with van der Waals surface area (Å²) in [6.45, 7) is 0.721. The summed E-state index contributed by atoms with van der Waals surface area (Å²) in [6, 6.07) is 31.9. The Kier molecular flexibility index (Phi) is 4.87. The molecule has 3 aromatic rings. The molecule has 1 N–H and O–H groups in total. The third kappa shape index (κ3) is 2.86. The van der Waals surface area contributed by atoms with Gasteiger partial charge in [0.15, 0.2) is 0 Å². The van der Waals surface area contributed by atoms with Crippen LogP contribution in [0.3, 0.4) is 0 Å². The molecule has 1 heterocycles. The minimum Gasteiger partial charge on any atom is -0.314 e. The van der Waals surface area contributed by atoms with Crippen LogP contribution in [0.1, 0.15) is 36.0 Å². The normalized spacial score (nSPS) is 18.6. The lowest BCUT2D eigenvalue weighted by atomic mass is 9.63. The number of piperidine rings is 1. The summed E-state index contributed by atoms with van der Waals surface area (Å²) < 4.78 is 0. The molecule has 0 aliphatic carbocycles. The van der Waals surface area contributed by atoms with Gasteiger partial charge in [-0.25, -0.2) is 0 Å². The maximum atomic E-state index is 10.9. The van der Waals surface area contributed by atoms with Crippen molar-refractivity contribution in [1.29, 1.82) is 0 Å². The number of nitrogens with zero attached hydrogens (tertiary/aromatic N) is 1. The first kappa shape index (κ1) is 17.0. The van der Waals surface area contributed by atoms with Crippen molar-refractivity contribution in [3.05, 3.63) is 108 Å². The third-order valence-corrected chi connectivity index (χ3v) is 5.66. The van der Waals surface area contributed by atoms with E-state index in [2.05, 4.69) is 91.0 Å². The van der Waals surface area contributed by atoms with E-state index in [4.69, 9.17) is 0 Å². The second kappa shape index (κ2) is 7.45. The molecular weight excluding hydrogens is 318 g/mol. The van der Waals surface area contributed by atoms with E-state index in [-0.39, 0.29) is 6.04 Å². The van der Waals surface area contributed by atoms with Gasteiger partial charge in [0.25, 0.3) is 0 Å². The van der Waals surface area contributed by atoms with Crippen LogP contribution in [0.5, 0.6) is 0 Å². The molecule has 0 radical (unpaired) electrons. The van der Waals surface area contributed by atoms with Crippen molar-refractivity contribution in [2.24, 2.45) is 0 Å². The van der Waals surface area contributed by atoms with Crippen molar-refractivity contribution in [3.8, 4) is 0 Å². The Labute approximate surface area is 155 Å². The van der Waals surface area contributed by atoms with Gasteiger partial charge >= 0.3 is 0 Å². The fraction of sp³-hybridized carbons (Fsp3) is 0.250. The molecule has 2 heteroatoms. The first-order chi connectivity index (χ1) is 12.8. The molecule has 0 spiro atoms. The van der Waals surface area contributed by atoms with Gasteiger partial charge in [0.05, 0.1) is 11.5 Å².